The van der Waals surface area contributed by atoms with E-state index in [9.17, 15) is 4.79 Å². The van der Waals surface area contributed by atoms with Crippen molar-refractivity contribution in [2.45, 2.75) is 39.5 Å². The van der Waals surface area contributed by atoms with Gasteiger partial charge in [-0.1, -0.05) is 6.07 Å². The van der Waals surface area contributed by atoms with Gasteiger partial charge >= 0.3 is 0 Å². The SMILES string of the molecule is Cc1cc(C)c(NC(=O)CCC2CCNCC2)c(Br)c1. The minimum Gasteiger partial charge on any atom is -0.325 e. The summed E-state index contributed by atoms with van der Waals surface area (Å²) in [6, 6.07) is 4.13. The normalized spacial score (nSPS) is 16.1. The molecule has 1 heterocycles. The standard InChI is InChI=1S/C16H23BrN2O/c1-11-9-12(2)16(14(17)10-11)19-15(20)4-3-13-5-7-18-8-6-13/h9-10,13,18H,3-8H2,1-2H3,(H,19,20). The summed E-state index contributed by atoms with van der Waals surface area (Å²) < 4.78 is 0.963. The molecule has 1 saturated heterocycles. The Labute approximate surface area is 129 Å². The number of aryl methyl sites for hydroxylation is 2. The van der Waals surface area contributed by atoms with E-state index in [4.69, 9.17) is 0 Å². The van der Waals surface area contributed by atoms with Crippen LogP contribution in [0, 0.1) is 19.8 Å². The summed E-state index contributed by atoms with van der Waals surface area (Å²) in [5.41, 5.74) is 3.21. The fourth-order valence-corrected chi connectivity index (χ4v) is 3.55. The zero-order valence-electron chi connectivity index (χ0n) is 12.3. The number of piperidine rings is 1. The molecule has 1 aromatic carbocycles. The number of rotatable bonds is 4. The van der Waals surface area contributed by atoms with Gasteiger partial charge in [0, 0.05) is 10.9 Å². The zero-order valence-corrected chi connectivity index (χ0v) is 13.8. The molecule has 2 rings (SSSR count). The van der Waals surface area contributed by atoms with E-state index in [0.717, 1.165) is 35.2 Å². The van der Waals surface area contributed by atoms with Crippen LogP contribution in [0.25, 0.3) is 0 Å². The maximum Gasteiger partial charge on any atom is 0.224 e. The van der Waals surface area contributed by atoms with Gasteiger partial charge in [0.15, 0.2) is 0 Å². The second-order valence-corrected chi connectivity index (χ2v) is 6.57. The highest BCUT2D eigenvalue weighted by Crippen LogP contribution is 2.28. The van der Waals surface area contributed by atoms with Crippen molar-refractivity contribution in [3.63, 3.8) is 0 Å². The van der Waals surface area contributed by atoms with Crippen LogP contribution < -0.4 is 10.6 Å². The van der Waals surface area contributed by atoms with Crippen LogP contribution in [0.5, 0.6) is 0 Å². The van der Waals surface area contributed by atoms with Crippen molar-refractivity contribution in [1.82, 2.24) is 5.32 Å². The van der Waals surface area contributed by atoms with Gasteiger partial charge in [-0.05, 0) is 85.2 Å². The minimum absolute atomic E-state index is 0.121. The first-order chi connectivity index (χ1) is 9.56. The number of anilines is 1. The molecule has 1 aliphatic heterocycles. The molecule has 0 unspecified atom stereocenters. The zero-order chi connectivity index (χ0) is 14.5. The molecule has 0 atom stereocenters. The van der Waals surface area contributed by atoms with Gasteiger partial charge in [-0.3, -0.25) is 4.79 Å². The highest BCUT2D eigenvalue weighted by atomic mass is 79.9. The predicted molar refractivity (Wildman–Crippen MR) is 87.1 cm³/mol. The second-order valence-electron chi connectivity index (χ2n) is 5.72. The van der Waals surface area contributed by atoms with Crippen molar-refractivity contribution >= 4 is 27.5 Å². The number of hydrogen-bond acceptors (Lipinski definition) is 2. The first-order valence-electron chi connectivity index (χ1n) is 7.33. The average Bonchev–Trinajstić information content (AvgIpc) is 2.42. The molecule has 0 bridgehead atoms. The maximum absolute atomic E-state index is 12.1. The van der Waals surface area contributed by atoms with Crippen molar-refractivity contribution in [1.29, 1.82) is 0 Å². The van der Waals surface area contributed by atoms with E-state index in [1.54, 1.807) is 0 Å². The highest BCUT2D eigenvalue weighted by Gasteiger charge is 2.15. The lowest BCUT2D eigenvalue weighted by Gasteiger charge is -2.22. The molecular formula is C16H23BrN2O. The molecule has 1 aromatic rings. The van der Waals surface area contributed by atoms with Crippen LogP contribution in [0.2, 0.25) is 0 Å². The predicted octanol–water partition coefficient (Wildman–Crippen LogP) is 3.78. The summed E-state index contributed by atoms with van der Waals surface area (Å²) in [6.07, 6.45) is 4.00. The first-order valence-corrected chi connectivity index (χ1v) is 8.13. The lowest BCUT2D eigenvalue weighted by Crippen LogP contribution is -2.28. The van der Waals surface area contributed by atoms with Crippen LogP contribution in [0.1, 0.15) is 36.8 Å². The number of hydrogen-bond donors (Lipinski definition) is 2. The molecule has 0 aromatic heterocycles. The van der Waals surface area contributed by atoms with Crippen molar-refractivity contribution in [2.24, 2.45) is 5.92 Å². The Kier molecular flexibility index (Phi) is 5.61. The van der Waals surface area contributed by atoms with Crippen LogP contribution in [-0.4, -0.2) is 19.0 Å². The molecule has 110 valence electrons. The van der Waals surface area contributed by atoms with E-state index in [1.807, 2.05) is 13.0 Å². The van der Waals surface area contributed by atoms with E-state index in [1.165, 1.54) is 18.4 Å². The third-order valence-corrected chi connectivity index (χ3v) is 4.56. The van der Waals surface area contributed by atoms with Gasteiger partial charge in [-0.2, -0.15) is 0 Å². The molecule has 4 heteroatoms. The monoisotopic (exact) mass is 338 g/mol. The van der Waals surface area contributed by atoms with Crippen LogP contribution in [0.3, 0.4) is 0 Å². The number of amides is 1. The van der Waals surface area contributed by atoms with Gasteiger partial charge in [0.1, 0.15) is 0 Å². The number of benzene rings is 1. The Bertz CT molecular complexity index is 458. The van der Waals surface area contributed by atoms with Crippen LogP contribution in [0.4, 0.5) is 5.69 Å². The highest BCUT2D eigenvalue weighted by molar-refractivity contribution is 9.10. The number of carbonyl (C=O) groups excluding carboxylic acids is 1. The fraction of sp³-hybridized carbons (Fsp3) is 0.562. The van der Waals surface area contributed by atoms with Gasteiger partial charge < -0.3 is 10.6 Å². The van der Waals surface area contributed by atoms with Gasteiger partial charge in [-0.15, -0.1) is 0 Å². The minimum atomic E-state index is 0.121. The Morgan fingerprint density at radius 2 is 2.05 bits per heavy atom. The Morgan fingerprint density at radius 1 is 1.35 bits per heavy atom. The summed E-state index contributed by atoms with van der Waals surface area (Å²) in [4.78, 5) is 12.1. The summed E-state index contributed by atoms with van der Waals surface area (Å²) in [6.45, 7) is 6.27. The molecule has 2 N–H and O–H groups in total. The molecule has 1 fully saturated rings. The molecule has 0 saturated carbocycles. The Morgan fingerprint density at radius 3 is 2.70 bits per heavy atom. The lowest BCUT2D eigenvalue weighted by atomic mass is 9.93. The van der Waals surface area contributed by atoms with Crippen molar-refractivity contribution in [2.75, 3.05) is 18.4 Å². The van der Waals surface area contributed by atoms with E-state index in [-0.39, 0.29) is 5.91 Å². The maximum atomic E-state index is 12.1. The first kappa shape index (κ1) is 15.5. The van der Waals surface area contributed by atoms with Gasteiger partial charge in [-0.25, -0.2) is 0 Å². The molecule has 0 radical (unpaired) electrons. The Balaban J connectivity index is 1.88. The molecule has 20 heavy (non-hydrogen) atoms. The molecule has 1 aliphatic rings. The van der Waals surface area contributed by atoms with Gasteiger partial charge in [0.2, 0.25) is 5.91 Å². The molecule has 0 aliphatic carbocycles. The number of halogens is 1. The lowest BCUT2D eigenvalue weighted by molar-refractivity contribution is -0.116. The summed E-state index contributed by atoms with van der Waals surface area (Å²) >= 11 is 3.53. The molecule has 0 spiro atoms. The molecule has 1 amide bonds. The van der Waals surface area contributed by atoms with Crippen molar-refractivity contribution in [3.8, 4) is 0 Å². The van der Waals surface area contributed by atoms with Crippen LogP contribution in [0.15, 0.2) is 16.6 Å². The third-order valence-electron chi connectivity index (χ3n) is 3.93. The second kappa shape index (κ2) is 7.23. The summed E-state index contributed by atoms with van der Waals surface area (Å²) in [5.74, 6) is 0.820. The van der Waals surface area contributed by atoms with E-state index < -0.39 is 0 Å². The van der Waals surface area contributed by atoms with Crippen molar-refractivity contribution in [3.05, 3.63) is 27.7 Å². The quantitative estimate of drug-likeness (QED) is 0.876. The number of nitrogens with one attached hydrogen (secondary N) is 2. The number of carbonyl (C=O) groups is 1. The van der Waals surface area contributed by atoms with Gasteiger partial charge in [0.25, 0.3) is 0 Å². The largest absolute Gasteiger partial charge is 0.325 e. The molecular weight excluding hydrogens is 316 g/mol. The third kappa shape index (κ3) is 4.32. The van der Waals surface area contributed by atoms with E-state index in [2.05, 4.69) is 39.6 Å². The Hall–Kier alpha value is -0.870. The smallest absolute Gasteiger partial charge is 0.224 e. The fourth-order valence-electron chi connectivity index (χ4n) is 2.78. The topological polar surface area (TPSA) is 41.1 Å². The van der Waals surface area contributed by atoms with Crippen LogP contribution in [-0.2, 0) is 4.79 Å². The summed E-state index contributed by atoms with van der Waals surface area (Å²) in [5, 5.41) is 6.40. The van der Waals surface area contributed by atoms with E-state index in [0.29, 0.717) is 12.3 Å². The summed E-state index contributed by atoms with van der Waals surface area (Å²) in [7, 11) is 0. The van der Waals surface area contributed by atoms with Gasteiger partial charge in [0.05, 0.1) is 5.69 Å². The average molecular weight is 339 g/mol. The van der Waals surface area contributed by atoms with Crippen LogP contribution >= 0.6 is 15.9 Å². The van der Waals surface area contributed by atoms with Crippen molar-refractivity contribution < 1.29 is 4.79 Å². The van der Waals surface area contributed by atoms with E-state index >= 15 is 0 Å². The molecule has 3 nitrogen and oxygen atoms in total.